The van der Waals surface area contributed by atoms with Crippen molar-refractivity contribution in [2.24, 2.45) is 10.2 Å². The molecule has 1 aliphatic rings. The molecule has 0 radical (unpaired) electrons. The number of carbonyl (C=O) groups excluding carboxylic acids is 1. The molecule has 0 aliphatic carbocycles. The summed E-state index contributed by atoms with van der Waals surface area (Å²) < 4.78 is 5.86. The molecule has 0 spiro atoms. The molecule has 0 saturated carbocycles. The number of halogens is 1. The van der Waals surface area contributed by atoms with E-state index in [9.17, 15) is 4.79 Å². The van der Waals surface area contributed by atoms with Crippen molar-refractivity contribution in [2.45, 2.75) is 13.3 Å². The summed E-state index contributed by atoms with van der Waals surface area (Å²) in [4.78, 5) is 11.5. The predicted molar refractivity (Wildman–Crippen MR) is 69.4 cm³/mol. The van der Waals surface area contributed by atoms with Crippen LogP contribution in [0.4, 0.5) is 0 Å². The van der Waals surface area contributed by atoms with Crippen LogP contribution in [-0.2, 0) is 9.53 Å². The number of hydrogen-bond donors (Lipinski definition) is 0. The van der Waals surface area contributed by atoms with Crippen molar-refractivity contribution in [3.05, 3.63) is 34.3 Å². The molecule has 88 valence electrons. The molecule has 1 heterocycles. The number of benzene rings is 1. The van der Waals surface area contributed by atoms with Gasteiger partial charge in [-0.1, -0.05) is 28.1 Å². The summed E-state index contributed by atoms with van der Waals surface area (Å²) in [7, 11) is 0. The first-order valence-electron chi connectivity index (χ1n) is 5.27. The van der Waals surface area contributed by atoms with E-state index in [0.29, 0.717) is 18.7 Å². The van der Waals surface area contributed by atoms with Crippen LogP contribution in [-0.4, -0.2) is 24.0 Å². The van der Waals surface area contributed by atoms with Gasteiger partial charge in [-0.3, -0.25) is 0 Å². The van der Waals surface area contributed by atoms with E-state index in [4.69, 9.17) is 4.74 Å². The predicted octanol–water partition coefficient (Wildman–Crippen LogP) is 2.56. The minimum atomic E-state index is -0.388. The summed E-state index contributed by atoms with van der Waals surface area (Å²) in [6.45, 7) is 2.12. The van der Waals surface area contributed by atoms with Crippen LogP contribution >= 0.6 is 15.9 Å². The topological polar surface area (TPSA) is 51.0 Å². The second-order valence-corrected chi connectivity index (χ2v) is 4.42. The Balaban J connectivity index is 2.08. The molecule has 2 rings (SSSR count). The van der Waals surface area contributed by atoms with Crippen molar-refractivity contribution < 1.29 is 9.53 Å². The van der Waals surface area contributed by atoms with Gasteiger partial charge in [-0.05, 0) is 24.6 Å². The van der Waals surface area contributed by atoms with E-state index < -0.39 is 0 Å². The smallest absolute Gasteiger partial charge is 0.354 e. The zero-order chi connectivity index (χ0) is 12.3. The van der Waals surface area contributed by atoms with Gasteiger partial charge in [0.15, 0.2) is 5.71 Å². The third-order valence-corrected chi connectivity index (χ3v) is 2.79. The summed E-state index contributed by atoms with van der Waals surface area (Å²) >= 11 is 3.39. The minimum absolute atomic E-state index is 0.351. The lowest BCUT2D eigenvalue weighted by Gasteiger charge is -2.02. The molecular weight excluding hydrogens is 284 g/mol. The number of nitrogens with zero attached hydrogens (tertiary/aromatic N) is 2. The number of hydrogen-bond acceptors (Lipinski definition) is 4. The fourth-order valence-corrected chi connectivity index (χ4v) is 1.90. The second kappa shape index (κ2) is 5.23. The molecule has 0 aromatic heterocycles. The van der Waals surface area contributed by atoms with E-state index in [1.54, 1.807) is 6.92 Å². The Hall–Kier alpha value is -1.49. The highest BCUT2D eigenvalue weighted by Crippen LogP contribution is 2.17. The molecule has 0 saturated heterocycles. The van der Waals surface area contributed by atoms with Crippen LogP contribution in [0.2, 0.25) is 0 Å². The van der Waals surface area contributed by atoms with E-state index in [1.807, 2.05) is 24.3 Å². The van der Waals surface area contributed by atoms with E-state index in [0.717, 1.165) is 15.7 Å². The second-order valence-electron chi connectivity index (χ2n) is 3.50. The van der Waals surface area contributed by atoms with Gasteiger partial charge in [0.2, 0.25) is 0 Å². The Morgan fingerprint density at radius 1 is 1.47 bits per heavy atom. The molecule has 0 unspecified atom stereocenters. The number of carbonyl (C=O) groups is 1. The first-order valence-corrected chi connectivity index (χ1v) is 6.06. The van der Waals surface area contributed by atoms with Crippen molar-refractivity contribution in [2.75, 3.05) is 6.61 Å². The lowest BCUT2D eigenvalue weighted by Crippen LogP contribution is -2.18. The van der Waals surface area contributed by atoms with Gasteiger partial charge in [0.25, 0.3) is 0 Å². The molecule has 0 fully saturated rings. The number of ether oxygens (including phenoxy) is 1. The SMILES string of the molecule is CCOC(=O)C1=NN=C(c2cccc(Br)c2)C1. The minimum Gasteiger partial charge on any atom is -0.461 e. The zero-order valence-electron chi connectivity index (χ0n) is 9.31. The largest absolute Gasteiger partial charge is 0.461 e. The molecule has 0 bridgehead atoms. The van der Waals surface area contributed by atoms with E-state index in [-0.39, 0.29) is 5.97 Å². The molecule has 1 aromatic carbocycles. The summed E-state index contributed by atoms with van der Waals surface area (Å²) in [5.41, 5.74) is 2.11. The van der Waals surface area contributed by atoms with Crippen molar-refractivity contribution in [3.63, 3.8) is 0 Å². The molecule has 5 heteroatoms. The Morgan fingerprint density at radius 2 is 2.29 bits per heavy atom. The number of esters is 1. The van der Waals surface area contributed by atoms with Crippen molar-refractivity contribution >= 4 is 33.3 Å². The maximum Gasteiger partial charge on any atom is 0.354 e. The van der Waals surface area contributed by atoms with Crippen LogP contribution in [0.3, 0.4) is 0 Å². The van der Waals surface area contributed by atoms with Crippen molar-refractivity contribution in [3.8, 4) is 0 Å². The van der Waals surface area contributed by atoms with Gasteiger partial charge in [0.1, 0.15) is 0 Å². The highest BCUT2D eigenvalue weighted by molar-refractivity contribution is 9.10. The van der Waals surface area contributed by atoms with Gasteiger partial charge in [0, 0.05) is 10.9 Å². The normalized spacial score (nSPS) is 14.2. The standard InChI is InChI=1S/C12H11BrN2O2/c1-2-17-12(16)11-7-10(14-15-11)8-4-3-5-9(13)6-8/h3-6H,2,7H2,1H3. The lowest BCUT2D eigenvalue weighted by molar-refractivity contribution is -0.135. The molecule has 1 aliphatic heterocycles. The van der Waals surface area contributed by atoms with E-state index in [2.05, 4.69) is 26.1 Å². The van der Waals surface area contributed by atoms with Gasteiger partial charge in [-0.15, -0.1) is 5.10 Å². The summed E-state index contributed by atoms with van der Waals surface area (Å²) in [6, 6.07) is 7.74. The maximum absolute atomic E-state index is 11.5. The molecule has 17 heavy (non-hydrogen) atoms. The molecule has 1 aromatic rings. The fourth-order valence-electron chi connectivity index (χ4n) is 1.51. The zero-order valence-corrected chi connectivity index (χ0v) is 10.9. The lowest BCUT2D eigenvalue weighted by atomic mass is 10.1. The van der Waals surface area contributed by atoms with Crippen LogP contribution in [0.15, 0.2) is 38.9 Å². The molecular formula is C12H11BrN2O2. The highest BCUT2D eigenvalue weighted by atomic mass is 79.9. The van der Waals surface area contributed by atoms with E-state index in [1.165, 1.54) is 0 Å². The Labute approximate surface area is 108 Å². The third kappa shape index (κ3) is 2.79. The maximum atomic E-state index is 11.5. The first kappa shape index (κ1) is 12.0. The fraction of sp³-hybridized carbons (Fsp3) is 0.250. The first-order chi connectivity index (χ1) is 8.20. The highest BCUT2D eigenvalue weighted by Gasteiger charge is 2.21. The van der Waals surface area contributed by atoms with Gasteiger partial charge < -0.3 is 4.74 Å². The van der Waals surface area contributed by atoms with Gasteiger partial charge in [0.05, 0.1) is 12.3 Å². The summed E-state index contributed by atoms with van der Waals surface area (Å²) in [5, 5.41) is 7.87. The van der Waals surface area contributed by atoms with Gasteiger partial charge >= 0.3 is 5.97 Å². The van der Waals surface area contributed by atoms with Crippen molar-refractivity contribution in [1.29, 1.82) is 0 Å². The van der Waals surface area contributed by atoms with Crippen LogP contribution in [0.1, 0.15) is 18.9 Å². The van der Waals surface area contributed by atoms with Crippen LogP contribution in [0, 0.1) is 0 Å². The Bertz CT molecular complexity index is 509. The summed E-state index contributed by atoms with van der Waals surface area (Å²) in [6.07, 6.45) is 0.426. The van der Waals surface area contributed by atoms with Crippen LogP contribution in [0.25, 0.3) is 0 Å². The Morgan fingerprint density at radius 3 is 3.00 bits per heavy atom. The monoisotopic (exact) mass is 294 g/mol. The molecule has 4 nitrogen and oxygen atoms in total. The molecule has 0 amide bonds. The van der Waals surface area contributed by atoms with Gasteiger partial charge in [-0.2, -0.15) is 5.10 Å². The van der Waals surface area contributed by atoms with Crippen molar-refractivity contribution in [1.82, 2.24) is 0 Å². The average Bonchev–Trinajstić information content (AvgIpc) is 2.78. The summed E-state index contributed by atoms with van der Waals surface area (Å²) in [5.74, 6) is -0.388. The third-order valence-electron chi connectivity index (χ3n) is 2.30. The van der Waals surface area contributed by atoms with Gasteiger partial charge in [-0.25, -0.2) is 4.79 Å². The quantitative estimate of drug-likeness (QED) is 0.805. The molecule has 0 N–H and O–H groups in total. The average molecular weight is 295 g/mol. The van der Waals surface area contributed by atoms with E-state index >= 15 is 0 Å². The Kier molecular flexibility index (Phi) is 3.68. The molecule has 0 atom stereocenters. The number of rotatable bonds is 3. The van der Waals surface area contributed by atoms with Crippen LogP contribution in [0.5, 0.6) is 0 Å². The van der Waals surface area contributed by atoms with Crippen LogP contribution < -0.4 is 0 Å².